The lowest BCUT2D eigenvalue weighted by molar-refractivity contribution is -0.121. The molecular formula is C19H21ClN2O3S. The molecule has 0 bridgehead atoms. The van der Waals surface area contributed by atoms with Crippen LogP contribution in [-0.4, -0.2) is 20.9 Å². The summed E-state index contributed by atoms with van der Waals surface area (Å²) in [4.78, 5) is 14.2. The molecule has 5 nitrogen and oxygen atoms in total. The van der Waals surface area contributed by atoms with Gasteiger partial charge in [0.25, 0.3) is 10.0 Å². The number of carbonyl (C=O) groups excluding carboxylic acids is 1. The Hall–Kier alpha value is -2.05. The van der Waals surface area contributed by atoms with Crippen molar-refractivity contribution in [1.29, 1.82) is 0 Å². The third-order valence-electron chi connectivity index (χ3n) is 4.34. The normalized spacial score (nSPS) is 14.2. The molecule has 0 saturated heterocycles. The van der Waals surface area contributed by atoms with Crippen molar-refractivity contribution in [1.82, 2.24) is 0 Å². The minimum Gasteiger partial charge on any atom is -0.312 e. The summed E-state index contributed by atoms with van der Waals surface area (Å²) >= 11 is 6.01. The molecule has 2 aromatic rings. The van der Waals surface area contributed by atoms with Gasteiger partial charge in [0.05, 0.1) is 5.02 Å². The number of rotatable bonds is 4. The number of fused-ring (bicyclic) bond motifs is 1. The van der Waals surface area contributed by atoms with Crippen LogP contribution in [0.15, 0.2) is 47.4 Å². The fraction of sp³-hybridized carbons (Fsp3) is 0.316. The SMILES string of the molecule is CC(C)C(=O)N1CCCc2cc(NS(=O)(=O)c3ccccc3Cl)ccc21. The van der Waals surface area contributed by atoms with E-state index in [1.807, 2.05) is 13.8 Å². The molecule has 0 aromatic heterocycles. The van der Waals surface area contributed by atoms with E-state index in [0.29, 0.717) is 12.2 Å². The van der Waals surface area contributed by atoms with Crippen molar-refractivity contribution in [3.05, 3.63) is 53.1 Å². The highest BCUT2D eigenvalue weighted by Crippen LogP contribution is 2.32. The van der Waals surface area contributed by atoms with E-state index in [0.717, 1.165) is 24.1 Å². The van der Waals surface area contributed by atoms with Crippen molar-refractivity contribution >= 4 is 38.9 Å². The van der Waals surface area contributed by atoms with E-state index < -0.39 is 10.0 Å². The Morgan fingerprint density at radius 1 is 1.19 bits per heavy atom. The van der Waals surface area contributed by atoms with Gasteiger partial charge >= 0.3 is 0 Å². The van der Waals surface area contributed by atoms with Gasteiger partial charge in [-0.1, -0.05) is 37.6 Å². The predicted octanol–water partition coefficient (Wildman–Crippen LogP) is 4.08. The molecule has 7 heteroatoms. The van der Waals surface area contributed by atoms with Gasteiger partial charge in [-0.25, -0.2) is 8.42 Å². The Kier molecular flexibility index (Phi) is 5.25. The summed E-state index contributed by atoms with van der Waals surface area (Å²) in [6.07, 6.45) is 1.66. The third kappa shape index (κ3) is 3.71. The second-order valence-electron chi connectivity index (χ2n) is 6.63. The van der Waals surface area contributed by atoms with E-state index in [2.05, 4.69) is 4.72 Å². The second-order valence-corrected chi connectivity index (χ2v) is 8.69. The number of amides is 1. The van der Waals surface area contributed by atoms with Gasteiger partial charge in [0.15, 0.2) is 0 Å². The summed E-state index contributed by atoms with van der Waals surface area (Å²) in [7, 11) is -3.78. The first kappa shape index (κ1) is 18.7. The van der Waals surface area contributed by atoms with Crippen molar-refractivity contribution < 1.29 is 13.2 Å². The number of hydrogen-bond donors (Lipinski definition) is 1. The first-order valence-corrected chi connectivity index (χ1v) is 10.4. The number of carbonyl (C=O) groups is 1. The number of benzene rings is 2. The van der Waals surface area contributed by atoms with Gasteiger partial charge in [-0.3, -0.25) is 9.52 Å². The lowest BCUT2D eigenvalue weighted by Crippen LogP contribution is -2.38. The maximum absolute atomic E-state index is 12.6. The Bertz CT molecular complexity index is 942. The highest BCUT2D eigenvalue weighted by Gasteiger charge is 2.25. The Morgan fingerprint density at radius 2 is 1.92 bits per heavy atom. The van der Waals surface area contributed by atoms with Gasteiger partial charge in [-0.2, -0.15) is 0 Å². The smallest absolute Gasteiger partial charge is 0.263 e. The van der Waals surface area contributed by atoms with Gasteiger partial charge in [0, 0.05) is 23.8 Å². The molecule has 0 atom stereocenters. The number of nitrogens with zero attached hydrogens (tertiary/aromatic N) is 1. The van der Waals surface area contributed by atoms with Crippen LogP contribution in [0.4, 0.5) is 11.4 Å². The quantitative estimate of drug-likeness (QED) is 0.852. The van der Waals surface area contributed by atoms with E-state index in [-0.39, 0.29) is 21.7 Å². The van der Waals surface area contributed by atoms with Gasteiger partial charge in [0.2, 0.25) is 5.91 Å². The van der Waals surface area contributed by atoms with Crippen LogP contribution in [0.5, 0.6) is 0 Å². The number of sulfonamides is 1. The predicted molar refractivity (Wildman–Crippen MR) is 104 cm³/mol. The van der Waals surface area contributed by atoms with Crippen LogP contribution in [0.1, 0.15) is 25.8 Å². The molecular weight excluding hydrogens is 372 g/mol. The van der Waals surface area contributed by atoms with Crippen LogP contribution in [-0.2, 0) is 21.2 Å². The molecule has 0 aliphatic carbocycles. The zero-order valence-electron chi connectivity index (χ0n) is 14.7. The molecule has 0 unspecified atom stereocenters. The molecule has 26 heavy (non-hydrogen) atoms. The number of halogens is 1. The van der Waals surface area contributed by atoms with Crippen molar-refractivity contribution in [2.45, 2.75) is 31.6 Å². The molecule has 1 aliphatic heterocycles. The van der Waals surface area contributed by atoms with Crippen molar-refractivity contribution in [2.75, 3.05) is 16.2 Å². The molecule has 0 spiro atoms. The van der Waals surface area contributed by atoms with Crippen LogP contribution in [0.25, 0.3) is 0 Å². The molecule has 2 aromatic carbocycles. The molecule has 138 valence electrons. The first-order valence-electron chi connectivity index (χ1n) is 8.51. The van der Waals surface area contributed by atoms with Gasteiger partial charge in [-0.15, -0.1) is 0 Å². The lowest BCUT2D eigenvalue weighted by Gasteiger charge is -2.31. The van der Waals surface area contributed by atoms with E-state index in [9.17, 15) is 13.2 Å². The number of anilines is 2. The maximum Gasteiger partial charge on any atom is 0.263 e. The Morgan fingerprint density at radius 3 is 2.62 bits per heavy atom. The number of aryl methyl sites for hydroxylation is 1. The van der Waals surface area contributed by atoms with E-state index in [4.69, 9.17) is 11.6 Å². The van der Waals surface area contributed by atoms with Gasteiger partial charge in [-0.05, 0) is 48.7 Å². The molecule has 0 saturated carbocycles. The summed E-state index contributed by atoms with van der Waals surface area (Å²) in [5, 5.41) is 0.173. The average molecular weight is 393 g/mol. The summed E-state index contributed by atoms with van der Waals surface area (Å²) < 4.78 is 27.8. The summed E-state index contributed by atoms with van der Waals surface area (Å²) in [6, 6.07) is 11.6. The highest BCUT2D eigenvalue weighted by atomic mass is 35.5. The zero-order chi connectivity index (χ0) is 18.9. The maximum atomic E-state index is 12.6. The summed E-state index contributed by atoms with van der Waals surface area (Å²) in [5.41, 5.74) is 2.28. The lowest BCUT2D eigenvalue weighted by atomic mass is 9.99. The fourth-order valence-electron chi connectivity index (χ4n) is 3.07. The topological polar surface area (TPSA) is 66.5 Å². The molecule has 3 rings (SSSR count). The van der Waals surface area contributed by atoms with Gasteiger partial charge in [0.1, 0.15) is 4.90 Å². The fourth-order valence-corrected chi connectivity index (χ4v) is 4.64. The van der Waals surface area contributed by atoms with Crippen molar-refractivity contribution in [3.63, 3.8) is 0 Å². The summed E-state index contributed by atoms with van der Waals surface area (Å²) in [5.74, 6) is -0.00491. The molecule has 0 radical (unpaired) electrons. The molecule has 1 heterocycles. The van der Waals surface area contributed by atoms with Crippen LogP contribution >= 0.6 is 11.6 Å². The Balaban J connectivity index is 1.90. The van der Waals surface area contributed by atoms with Crippen LogP contribution < -0.4 is 9.62 Å². The van der Waals surface area contributed by atoms with Crippen LogP contribution in [0, 0.1) is 5.92 Å². The van der Waals surface area contributed by atoms with Crippen LogP contribution in [0.3, 0.4) is 0 Å². The third-order valence-corrected chi connectivity index (χ3v) is 6.22. The minimum atomic E-state index is -3.78. The Labute approximate surface area is 159 Å². The van der Waals surface area contributed by atoms with Crippen LogP contribution in [0.2, 0.25) is 5.02 Å². The number of hydrogen-bond acceptors (Lipinski definition) is 3. The molecule has 0 fully saturated rings. The largest absolute Gasteiger partial charge is 0.312 e. The highest BCUT2D eigenvalue weighted by molar-refractivity contribution is 7.92. The van der Waals surface area contributed by atoms with Crippen molar-refractivity contribution in [2.24, 2.45) is 5.92 Å². The molecule has 1 N–H and O–H groups in total. The van der Waals surface area contributed by atoms with E-state index in [1.54, 1.807) is 41.3 Å². The monoisotopic (exact) mass is 392 g/mol. The zero-order valence-corrected chi connectivity index (χ0v) is 16.3. The van der Waals surface area contributed by atoms with Gasteiger partial charge < -0.3 is 4.90 Å². The summed E-state index contributed by atoms with van der Waals surface area (Å²) in [6.45, 7) is 4.44. The van der Waals surface area contributed by atoms with E-state index in [1.165, 1.54) is 6.07 Å². The van der Waals surface area contributed by atoms with E-state index >= 15 is 0 Å². The first-order chi connectivity index (χ1) is 12.3. The number of nitrogens with one attached hydrogen (secondary N) is 1. The second kappa shape index (κ2) is 7.29. The standard InChI is InChI=1S/C19H21ClN2O3S/c1-13(2)19(23)22-11-5-6-14-12-15(9-10-17(14)22)21-26(24,25)18-8-4-3-7-16(18)20/h3-4,7-10,12-13,21H,5-6,11H2,1-2H3. The average Bonchev–Trinajstić information content (AvgIpc) is 2.60. The molecule has 1 aliphatic rings. The minimum absolute atomic E-state index is 0.0380. The molecule has 1 amide bonds. The van der Waals surface area contributed by atoms with Crippen molar-refractivity contribution in [3.8, 4) is 0 Å².